The van der Waals surface area contributed by atoms with E-state index in [-0.39, 0.29) is 5.75 Å². The number of nitrogens with zero attached hydrogens (tertiary/aromatic N) is 3. The fourth-order valence-corrected chi connectivity index (χ4v) is 4.59. The summed E-state index contributed by atoms with van der Waals surface area (Å²) < 4.78 is 26.9. The molecule has 4 aromatic rings. The summed E-state index contributed by atoms with van der Waals surface area (Å²) in [6.45, 7) is 1.54. The van der Waals surface area contributed by atoms with Gasteiger partial charge in [-0.15, -0.1) is 0 Å². The number of benzene rings is 2. The molecule has 0 fully saturated rings. The van der Waals surface area contributed by atoms with E-state index in [1.165, 1.54) is 0 Å². The first-order valence-corrected chi connectivity index (χ1v) is 11.8. The highest BCUT2D eigenvalue weighted by molar-refractivity contribution is 7.91. The van der Waals surface area contributed by atoms with E-state index in [1.54, 1.807) is 36.7 Å². The van der Waals surface area contributed by atoms with E-state index in [0.717, 1.165) is 22.4 Å². The van der Waals surface area contributed by atoms with Crippen molar-refractivity contribution in [3.63, 3.8) is 0 Å². The number of nitrogens with one attached hydrogen (secondary N) is 1. The van der Waals surface area contributed by atoms with Crippen LogP contribution in [0, 0.1) is 0 Å². The maximum atomic E-state index is 12.5. The first-order chi connectivity index (χ1) is 15.1. The van der Waals surface area contributed by atoms with Crippen LogP contribution in [0.5, 0.6) is 0 Å². The summed E-state index contributed by atoms with van der Waals surface area (Å²) in [6.07, 6.45) is 5.53. The normalized spacial score (nSPS) is 11.5. The van der Waals surface area contributed by atoms with Crippen LogP contribution in [0.15, 0.2) is 96.3 Å². The number of hydrogen-bond acceptors (Lipinski definition) is 5. The summed E-state index contributed by atoms with van der Waals surface area (Å²) >= 11 is 0. The van der Waals surface area contributed by atoms with Crippen LogP contribution >= 0.6 is 0 Å². The zero-order chi connectivity index (χ0) is 21.5. The molecule has 0 spiro atoms. The zero-order valence-corrected chi connectivity index (χ0v) is 17.9. The van der Waals surface area contributed by atoms with E-state index in [2.05, 4.69) is 22.4 Å². The van der Waals surface area contributed by atoms with Crippen LogP contribution in [0.25, 0.3) is 11.3 Å². The first kappa shape index (κ1) is 21.0. The highest BCUT2D eigenvalue weighted by Crippen LogP contribution is 2.21. The van der Waals surface area contributed by atoms with Crippen molar-refractivity contribution in [3.05, 3.63) is 103 Å². The molecule has 31 heavy (non-hydrogen) atoms. The van der Waals surface area contributed by atoms with Crippen LogP contribution < -0.4 is 5.32 Å². The van der Waals surface area contributed by atoms with Gasteiger partial charge in [-0.1, -0.05) is 48.5 Å². The maximum absolute atomic E-state index is 12.5. The molecule has 0 unspecified atom stereocenters. The second-order valence-corrected chi connectivity index (χ2v) is 9.35. The fourth-order valence-electron chi connectivity index (χ4n) is 3.36. The van der Waals surface area contributed by atoms with E-state index < -0.39 is 9.84 Å². The minimum Gasteiger partial charge on any atom is -0.312 e. The van der Waals surface area contributed by atoms with Crippen LogP contribution in [0.3, 0.4) is 0 Å². The van der Waals surface area contributed by atoms with Gasteiger partial charge in [0.2, 0.25) is 0 Å². The van der Waals surface area contributed by atoms with Crippen LogP contribution in [0.4, 0.5) is 0 Å². The molecular weight excluding hydrogens is 408 g/mol. The standard InChI is InChI=1S/C24H24N4O2S/c29-31(30,23-11-5-2-6-12-23)15-14-26-17-22-19-28(18-20-8-3-1-4-9-20)27-24(22)21-10-7-13-25-16-21/h1-13,16,19,26H,14-15,17-18H2. The Bertz CT molecular complexity index is 1210. The SMILES string of the molecule is O=S(=O)(CCNCc1cn(Cc2ccccc2)nc1-c1cccnc1)c1ccccc1. The molecular formula is C24H24N4O2S. The molecule has 4 rings (SSSR count). The Hall–Kier alpha value is -3.29. The van der Waals surface area contributed by atoms with Crippen molar-refractivity contribution in [2.75, 3.05) is 12.3 Å². The molecule has 7 heteroatoms. The third-order valence-electron chi connectivity index (χ3n) is 4.93. The number of rotatable bonds is 9. The van der Waals surface area contributed by atoms with Gasteiger partial charge in [-0.25, -0.2) is 8.42 Å². The van der Waals surface area contributed by atoms with Gasteiger partial charge in [-0.2, -0.15) is 5.10 Å². The monoisotopic (exact) mass is 432 g/mol. The lowest BCUT2D eigenvalue weighted by Crippen LogP contribution is -2.22. The van der Waals surface area contributed by atoms with E-state index in [0.29, 0.717) is 24.5 Å². The predicted octanol–water partition coefficient (Wildman–Crippen LogP) is 3.56. The smallest absolute Gasteiger partial charge is 0.179 e. The Morgan fingerprint density at radius 1 is 0.903 bits per heavy atom. The molecule has 0 radical (unpaired) electrons. The van der Waals surface area contributed by atoms with Crippen molar-refractivity contribution in [3.8, 4) is 11.3 Å². The van der Waals surface area contributed by atoms with E-state index in [4.69, 9.17) is 5.10 Å². The topological polar surface area (TPSA) is 76.9 Å². The van der Waals surface area contributed by atoms with Crippen molar-refractivity contribution in [2.45, 2.75) is 18.0 Å². The van der Waals surface area contributed by atoms with Gasteiger partial charge in [0.05, 0.1) is 22.9 Å². The summed E-state index contributed by atoms with van der Waals surface area (Å²) in [4.78, 5) is 4.56. The van der Waals surface area contributed by atoms with Crippen molar-refractivity contribution in [1.29, 1.82) is 0 Å². The minimum absolute atomic E-state index is 0.0391. The van der Waals surface area contributed by atoms with Crippen LogP contribution in [-0.2, 0) is 22.9 Å². The summed E-state index contributed by atoms with van der Waals surface area (Å²) in [5, 5.41) is 8.03. The Morgan fingerprint density at radius 2 is 1.65 bits per heavy atom. The highest BCUT2D eigenvalue weighted by atomic mass is 32.2. The van der Waals surface area contributed by atoms with Crippen molar-refractivity contribution >= 4 is 9.84 Å². The lowest BCUT2D eigenvalue weighted by molar-refractivity contribution is 0.590. The van der Waals surface area contributed by atoms with Crippen molar-refractivity contribution in [2.24, 2.45) is 0 Å². The van der Waals surface area contributed by atoms with Gasteiger partial charge in [0.25, 0.3) is 0 Å². The quantitative estimate of drug-likeness (QED) is 0.409. The number of sulfone groups is 1. The Kier molecular flexibility index (Phi) is 6.54. The summed E-state index contributed by atoms with van der Waals surface area (Å²) in [6, 6.07) is 22.6. The molecule has 6 nitrogen and oxygen atoms in total. The molecule has 0 atom stereocenters. The second-order valence-electron chi connectivity index (χ2n) is 7.24. The van der Waals surface area contributed by atoms with Crippen molar-refractivity contribution in [1.82, 2.24) is 20.1 Å². The first-order valence-electron chi connectivity index (χ1n) is 10.1. The molecule has 0 aliphatic rings. The molecule has 0 bridgehead atoms. The van der Waals surface area contributed by atoms with Gasteiger partial charge >= 0.3 is 0 Å². The maximum Gasteiger partial charge on any atom is 0.179 e. The van der Waals surface area contributed by atoms with E-state index in [9.17, 15) is 8.42 Å². The molecule has 0 amide bonds. The minimum atomic E-state index is -3.31. The largest absolute Gasteiger partial charge is 0.312 e. The predicted molar refractivity (Wildman–Crippen MR) is 121 cm³/mol. The van der Waals surface area contributed by atoms with Gasteiger partial charge in [-0.3, -0.25) is 9.67 Å². The molecule has 2 heterocycles. The molecule has 158 valence electrons. The van der Waals surface area contributed by atoms with Gasteiger partial charge in [0.1, 0.15) is 0 Å². The van der Waals surface area contributed by atoms with Gasteiger partial charge < -0.3 is 5.32 Å². The molecule has 0 saturated carbocycles. The van der Waals surface area contributed by atoms with Gasteiger partial charge in [-0.05, 0) is 29.8 Å². The van der Waals surface area contributed by atoms with Crippen LogP contribution in [0.1, 0.15) is 11.1 Å². The molecule has 2 aromatic heterocycles. The van der Waals surface area contributed by atoms with Crippen molar-refractivity contribution < 1.29 is 8.42 Å². The van der Waals surface area contributed by atoms with Gasteiger partial charge in [0, 0.05) is 42.8 Å². The average Bonchev–Trinajstić information content (AvgIpc) is 3.21. The fraction of sp³-hybridized carbons (Fsp3) is 0.167. The summed E-state index contributed by atoms with van der Waals surface area (Å²) in [5.74, 6) is 0.0391. The number of pyridine rings is 1. The number of aromatic nitrogens is 3. The Balaban J connectivity index is 1.46. The average molecular weight is 433 g/mol. The van der Waals surface area contributed by atoms with E-state index in [1.807, 2.05) is 47.3 Å². The molecule has 1 N–H and O–H groups in total. The lowest BCUT2D eigenvalue weighted by Gasteiger charge is -2.07. The molecule has 2 aromatic carbocycles. The number of hydrogen-bond donors (Lipinski definition) is 1. The Morgan fingerprint density at radius 3 is 2.35 bits per heavy atom. The second kappa shape index (κ2) is 9.68. The molecule has 0 aliphatic carbocycles. The third kappa shape index (κ3) is 5.45. The molecule has 0 aliphatic heterocycles. The Labute approximate surface area is 182 Å². The summed E-state index contributed by atoms with van der Waals surface area (Å²) in [7, 11) is -3.31. The third-order valence-corrected chi connectivity index (χ3v) is 6.66. The zero-order valence-electron chi connectivity index (χ0n) is 17.1. The van der Waals surface area contributed by atoms with E-state index >= 15 is 0 Å². The van der Waals surface area contributed by atoms with Crippen LogP contribution in [-0.4, -0.2) is 35.5 Å². The highest BCUT2D eigenvalue weighted by Gasteiger charge is 2.15. The van der Waals surface area contributed by atoms with Crippen LogP contribution in [0.2, 0.25) is 0 Å². The summed E-state index contributed by atoms with van der Waals surface area (Å²) in [5.41, 5.74) is 3.95. The van der Waals surface area contributed by atoms with Gasteiger partial charge in [0.15, 0.2) is 9.84 Å². The lowest BCUT2D eigenvalue weighted by atomic mass is 10.1. The molecule has 0 saturated heterocycles.